The second-order valence-corrected chi connectivity index (χ2v) is 3.48. The summed E-state index contributed by atoms with van der Waals surface area (Å²) in [4.78, 5) is 19.7. The summed E-state index contributed by atoms with van der Waals surface area (Å²) in [5.74, 6) is 5.86. The molecular formula is C10H12N6O2. The van der Waals surface area contributed by atoms with Crippen LogP contribution in [0, 0.1) is 6.92 Å². The molecule has 0 atom stereocenters. The number of anilines is 1. The summed E-state index contributed by atoms with van der Waals surface area (Å²) in [7, 11) is 0. The van der Waals surface area contributed by atoms with Gasteiger partial charge in [-0.3, -0.25) is 15.6 Å². The van der Waals surface area contributed by atoms with Crippen LogP contribution in [0.5, 0.6) is 0 Å². The molecule has 0 saturated heterocycles. The minimum Gasteiger partial charge on any atom is -0.345 e. The monoisotopic (exact) mass is 248 g/mol. The molecule has 2 aromatic heterocycles. The zero-order chi connectivity index (χ0) is 13.0. The number of hydrogen-bond acceptors (Lipinski definition) is 7. The van der Waals surface area contributed by atoms with E-state index in [1.54, 1.807) is 13.0 Å². The number of aryl methyl sites for hydroxylation is 1. The second kappa shape index (κ2) is 5.23. The third-order valence-electron chi connectivity index (χ3n) is 2.20. The van der Waals surface area contributed by atoms with E-state index in [-0.39, 0.29) is 12.5 Å². The second-order valence-electron chi connectivity index (χ2n) is 3.48. The molecule has 0 saturated carbocycles. The zero-order valence-corrected chi connectivity index (χ0v) is 9.67. The highest BCUT2D eigenvalue weighted by molar-refractivity contribution is 5.99. The number of aromatic nitrogens is 3. The highest BCUT2D eigenvalue weighted by Gasteiger charge is 2.11. The molecule has 0 aliphatic rings. The normalized spacial score (nSPS) is 10.1. The number of nitrogens with zero attached hydrogens (tertiary/aromatic N) is 3. The Labute approximate surface area is 103 Å². The van der Waals surface area contributed by atoms with Crippen LogP contribution in [0.4, 0.5) is 5.69 Å². The minimum atomic E-state index is -0.298. The van der Waals surface area contributed by atoms with Crippen molar-refractivity contribution in [2.75, 3.05) is 5.43 Å². The SMILES string of the molecule is Cc1nc(CNC(=O)c2ccncc2NN)no1. The molecule has 0 unspecified atom stereocenters. The van der Waals surface area contributed by atoms with Crippen molar-refractivity contribution in [2.45, 2.75) is 13.5 Å². The molecule has 0 aromatic carbocycles. The highest BCUT2D eigenvalue weighted by Crippen LogP contribution is 2.11. The first-order valence-electron chi connectivity index (χ1n) is 5.18. The molecule has 2 aromatic rings. The Morgan fingerprint density at radius 2 is 2.39 bits per heavy atom. The van der Waals surface area contributed by atoms with Crippen LogP contribution in [0.1, 0.15) is 22.1 Å². The van der Waals surface area contributed by atoms with E-state index in [0.29, 0.717) is 23.0 Å². The molecule has 0 aliphatic carbocycles. The van der Waals surface area contributed by atoms with E-state index >= 15 is 0 Å². The Morgan fingerprint density at radius 3 is 3.06 bits per heavy atom. The van der Waals surface area contributed by atoms with Crippen LogP contribution in [0.2, 0.25) is 0 Å². The van der Waals surface area contributed by atoms with Gasteiger partial charge >= 0.3 is 0 Å². The summed E-state index contributed by atoms with van der Waals surface area (Å²) in [5, 5.41) is 6.33. The van der Waals surface area contributed by atoms with E-state index in [4.69, 9.17) is 10.4 Å². The molecule has 0 spiro atoms. The molecule has 0 fully saturated rings. The summed E-state index contributed by atoms with van der Waals surface area (Å²) < 4.78 is 4.79. The molecule has 2 heterocycles. The van der Waals surface area contributed by atoms with Crippen LogP contribution in [-0.4, -0.2) is 21.0 Å². The number of carbonyl (C=O) groups is 1. The fourth-order valence-electron chi connectivity index (χ4n) is 1.38. The Morgan fingerprint density at radius 1 is 1.56 bits per heavy atom. The molecule has 2 rings (SSSR count). The maximum Gasteiger partial charge on any atom is 0.253 e. The van der Waals surface area contributed by atoms with Gasteiger partial charge in [0.05, 0.1) is 24.0 Å². The summed E-state index contributed by atoms with van der Waals surface area (Å²) >= 11 is 0. The maximum atomic E-state index is 11.9. The van der Waals surface area contributed by atoms with E-state index in [0.717, 1.165) is 0 Å². The van der Waals surface area contributed by atoms with E-state index in [1.165, 1.54) is 12.4 Å². The average molecular weight is 248 g/mol. The first-order valence-corrected chi connectivity index (χ1v) is 5.18. The van der Waals surface area contributed by atoms with Gasteiger partial charge in [0.25, 0.3) is 5.91 Å². The Bertz CT molecular complexity index is 553. The number of rotatable bonds is 4. The van der Waals surface area contributed by atoms with E-state index in [1.807, 2.05) is 0 Å². The van der Waals surface area contributed by atoms with Gasteiger partial charge in [-0.15, -0.1) is 0 Å². The Kier molecular flexibility index (Phi) is 3.49. The lowest BCUT2D eigenvalue weighted by Crippen LogP contribution is -2.25. The van der Waals surface area contributed by atoms with Crippen LogP contribution < -0.4 is 16.6 Å². The first kappa shape index (κ1) is 12.0. The standard InChI is InChI=1S/C10H12N6O2/c1-6-14-9(16-18-6)5-13-10(17)7-2-3-12-4-8(7)15-11/h2-4,15H,5,11H2,1H3,(H,13,17). The van der Waals surface area contributed by atoms with Crippen molar-refractivity contribution in [1.29, 1.82) is 0 Å². The van der Waals surface area contributed by atoms with Gasteiger partial charge in [-0.05, 0) is 6.07 Å². The summed E-state index contributed by atoms with van der Waals surface area (Å²) in [6.07, 6.45) is 2.97. The average Bonchev–Trinajstić information content (AvgIpc) is 2.81. The van der Waals surface area contributed by atoms with Crippen LogP contribution in [0.3, 0.4) is 0 Å². The predicted octanol–water partition coefficient (Wildman–Crippen LogP) is -0.0114. The van der Waals surface area contributed by atoms with Gasteiger partial charge in [0.2, 0.25) is 5.89 Å². The summed E-state index contributed by atoms with van der Waals surface area (Å²) in [5.41, 5.74) is 3.25. The zero-order valence-electron chi connectivity index (χ0n) is 9.67. The molecular weight excluding hydrogens is 236 g/mol. The molecule has 0 bridgehead atoms. The number of nitrogens with one attached hydrogen (secondary N) is 2. The van der Waals surface area contributed by atoms with Gasteiger partial charge in [0, 0.05) is 13.1 Å². The minimum absolute atomic E-state index is 0.183. The van der Waals surface area contributed by atoms with Crippen LogP contribution >= 0.6 is 0 Å². The Hall–Kier alpha value is -2.48. The number of amides is 1. The number of pyridine rings is 1. The van der Waals surface area contributed by atoms with Crippen molar-refractivity contribution < 1.29 is 9.32 Å². The molecule has 1 amide bonds. The molecule has 94 valence electrons. The molecule has 8 heteroatoms. The summed E-state index contributed by atoms with van der Waals surface area (Å²) in [6.45, 7) is 1.86. The van der Waals surface area contributed by atoms with Gasteiger partial charge in [-0.1, -0.05) is 5.16 Å². The number of nitrogen functional groups attached to an aromatic ring is 1. The quantitative estimate of drug-likeness (QED) is 0.514. The smallest absolute Gasteiger partial charge is 0.253 e. The van der Waals surface area contributed by atoms with Gasteiger partial charge in [-0.25, -0.2) is 0 Å². The van der Waals surface area contributed by atoms with E-state index in [9.17, 15) is 4.79 Å². The predicted molar refractivity (Wildman–Crippen MR) is 62.3 cm³/mol. The van der Waals surface area contributed by atoms with Crippen LogP contribution in [0.25, 0.3) is 0 Å². The Balaban J connectivity index is 2.03. The van der Waals surface area contributed by atoms with Crippen molar-refractivity contribution >= 4 is 11.6 Å². The number of hydrogen-bond donors (Lipinski definition) is 3. The van der Waals surface area contributed by atoms with E-state index in [2.05, 4.69) is 25.9 Å². The van der Waals surface area contributed by atoms with Crippen molar-refractivity contribution in [3.05, 3.63) is 35.7 Å². The topological polar surface area (TPSA) is 119 Å². The number of nitrogens with two attached hydrogens (primary N) is 1. The van der Waals surface area contributed by atoms with Gasteiger partial charge < -0.3 is 15.3 Å². The van der Waals surface area contributed by atoms with E-state index < -0.39 is 0 Å². The van der Waals surface area contributed by atoms with Crippen molar-refractivity contribution in [2.24, 2.45) is 5.84 Å². The molecule has 4 N–H and O–H groups in total. The lowest BCUT2D eigenvalue weighted by atomic mass is 10.2. The van der Waals surface area contributed by atoms with Gasteiger partial charge in [-0.2, -0.15) is 4.98 Å². The molecule has 0 aliphatic heterocycles. The van der Waals surface area contributed by atoms with Crippen LogP contribution in [-0.2, 0) is 6.54 Å². The van der Waals surface area contributed by atoms with Crippen molar-refractivity contribution in [3.63, 3.8) is 0 Å². The maximum absolute atomic E-state index is 11.9. The molecule has 18 heavy (non-hydrogen) atoms. The number of carbonyl (C=O) groups excluding carboxylic acids is 1. The molecule has 0 radical (unpaired) electrons. The first-order chi connectivity index (χ1) is 8.70. The third-order valence-corrected chi connectivity index (χ3v) is 2.20. The lowest BCUT2D eigenvalue weighted by molar-refractivity contribution is 0.0950. The fraction of sp³-hybridized carbons (Fsp3) is 0.200. The van der Waals surface area contributed by atoms with Crippen molar-refractivity contribution in [3.8, 4) is 0 Å². The summed E-state index contributed by atoms with van der Waals surface area (Å²) in [6, 6.07) is 1.56. The fourth-order valence-corrected chi connectivity index (χ4v) is 1.38. The largest absolute Gasteiger partial charge is 0.345 e. The number of hydrazine groups is 1. The van der Waals surface area contributed by atoms with Gasteiger partial charge in [0.1, 0.15) is 0 Å². The lowest BCUT2D eigenvalue weighted by Gasteiger charge is -2.07. The molecule has 8 nitrogen and oxygen atoms in total. The van der Waals surface area contributed by atoms with Crippen molar-refractivity contribution in [1.82, 2.24) is 20.4 Å². The van der Waals surface area contributed by atoms with Gasteiger partial charge in [0.15, 0.2) is 5.82 Å². The third kappa shape index (κ3) is 2.61. The van der Waals surface area contributed by atoms with Crippen LogP contribution in [0.15, 0.2) is 23.0 Å². The highest BCUT2D eigenvalue weighted by atomic mass is 16.5.